The maximum Gasteiger partial charge on any atom is 0.263 e. The molecule has 1 N–H and O–H groups in total. The molecule has 0 amide bonds. The van der Waals surface area contributed by atoms with Gasteiger partial charge in [-0.2, -0.15) is 0 Å². The molecular weight excluding hydrogens is 490 g/mol. The van der Waals surface area contributed by atoms with E-state index < -0.39 is 10.0 Å². The Morgan fingerprint density at radius 3 is 2.57 bits per heavy atom. The van der Waals surface area contributed by atoms with E-state index in [1.807, 2.05) is 18.2 Å². The van der Waals surface area contributed by atoms with Gasteiger partial charge in [0.1, 0.15) is 12.0 Å². The summed E-state index contributed by atoms with van der Waals surface area (Å²) in [6, 6.07) is 23.3. The lowest BCUT2D eigenvalue weighted by Crippen LogP contribution is -2.18. The van der Waals surface area contributed by atoms with E-state index in [2.05, 4.69) is 34.1 Å². The first kappa shape index (κ1) is 23.1. The zero-order chi connectivity index (χ0) is 25.6. The van der Waals surface area contributed by atoms with Crippen molar-refractivity contribution in [3.8, 4) is 22.6 Å². The quantitative estimate of drug-likeness (QED) is 0.315. The van der Waals surface area contributed by atoms with Crippen LogP contribution in [-0.2, 0) is 10.0 Å². The first-order valence-corrected chi connectivity index (χ1v) is 13.3. The van der Waals surface area contributed by atoms with E-state index in [1.54, 1.807) is 19.2 Å². The molecule has 3 aromatic carbocycles. The van der Waals surface area contributed by atoms with Gasteiger partial charge >= 0.3 is 0 Å². The van der Waals surface area contributed by atoms with Gasteiger partial charge in [0.25, 0.3) is 15.6 Å². The third kappa shape index (κ3) is 4.38. The molecule has 0 atom stereocenters. The monoisotopic (exact) mass is 513 g/mol. The molecule has 5 aromatic rings. The summed E-state index contributed by atoms with van der Waals surface area (Å²) in [5, 5.41) is 4.17. The molecule has 0 spiro atoms. The van der Waals surface area contributed by atoms with Gasteiger partial charge in [-0.05, 0) is 71.8 Å². The molecule has 1 aliphatic rings. The minimum atomic E-state index is -3.90. The van der Waals surface area contributed by atoms with E-state index in [0.717, 1.165) is 11.1 Å². The summed E-state index contributed by atoms with van der Waals surface area (Å²) in [6.07, 6.45) is 3.74. The van der Waals surface area contributed by atoms with Crippen LogP contribution >= 0.6 is 0 Å². The molecule has 0 saturated heterocycles. The number of nitrogens with one attached hydrogen (secondary N) is 1. The summed E-state index contributed by atoms with van der Waals surface area (Å²) in [4.78, 5) is 13.1. The van der Waals surface area contributed by atoms with Crippen molar-refractivity contribution in [2.24, 2.45) is 0 Å². The minimum absolute atomic E-state index is 0.0334. The van der Waals surface area contributed by atoms with Crippen LogP contribution in [0.5, 0.6) is 5.75 Å². The summed E-state index contributed by atoms with van der Waals surface area (Å²) in [7, 11) is -2.33. The average Bonchev–Trinajstić information content (AvgIpc) is 3.65. The van der Waals surface area contributed by atoms with Gasteiger partial charge in [0, 0.05) is 17.5 Å². The highest BCUT2D eigenvalue weighted by atomic mass is 32.2. The van der Waals surface area contributed by atoms with Crippen molar-refractivity contribution in [2.45, 2.75) is 23.7 Å². The average molecular weight is 514 g/mol. The molecule has 37 heavy (non-hydrogen) atoms. The van der Waals surface area contributed by atoms with E-state index in [-0.39, 0.29) is 16.3 Å². The summed E-state index contributed by atoms with van der Waals surface area (Å²) < 4.78 is 40.0. The minimum Gasteiger partial charge on any atom is -0.495 e. The third-order valence-corrected chi connectivity index (χ3v) is 7.89. The number of hydrogen-bond donors (Lipinski definition) is 1. The zero-order valence-corrected chi connectivity index (χ0v) is 20.7. The van der Waals surface area contributed by atoms with Crippen LogP contribution in [0.3, 0.4) is 0 Å². The van der Waals surface area contributed by atoms with E-state index in [9.17, 15) is 13.2 Å². The van der Waals surface area contributed by atoms with Gasteiger partial charge < -0.3 is 9.26 Å². The number of aromatic nitrogens is 2. The molecule has 6 rings (SSSR count). The Bertz CT molecular complexity index is 1790. The van der Waals surface area contributed by atoms with Crippen LogP contribution < -0.4 is 15.0 Å². The highest BCUT2D eigenvalue weighted by Gasteiger charge is 2.23. The number of ether oxygens (including phenoxy) is 1. The Morgan fingerprint density at radius 1 is 0.973 bits per heavy atom. The topological polar surface area (TPSA) is 103 Å². The first-order chi connectivity index (χ1) is 17.9. The lowest BCUT2D eigenvalue weighted by molar-refractivity contribution is 0.413. The Balaban J connectivity index is 1.42. The van der Waals surface area contributed by atoms with Crippen molar-refractivity contribution in [2.75, 3.05) is 11.8 Å². The number of sulfonamides is 1. The summed E-state index contributed by atoms with van der Waals surface area (Å²) in [5.74, 6) is 1.26. The Morgan fingerprint density at radius 2 is 1.81 bits per heavy atom. The highest BCUT2D eigenvalue weighted by Crippen LogP contribution is 2.41. The number of pyridine rings is 1. The summed E-state index contributed by atoms with van der Waals surface area (Å²) in [5.41, 5.74) is 4.28. The van der Waals surface area contributed by atoms with Crippen molar-refractivity contribution in [1.82, 2.24) is 9.72 Å². The van der Waals surface area contributed by atoms with E-state index in [1.165, 1.54) is 53.5 Å². The van der Waals surface area contributed by atoms with Crippen molar-refractivity contribution >= 4 is 26.7 Å². The van der Waals surface area contributed by atoms with Crippen molar-refractivity contribution in [3.63, 3.8) is 0 Å². The number of anilines is 1. The fourth-order valence-electron chi connectivity index (χ4n) is 4.53. The molecule has 9 heteroatoms. The molecule has 1 aliphatic carbocycles. The molecule has 1 fully saturated rings. The van der Waals surface area contributed by atoms with Crippen LogP contribution in [0.2, 0.25) is 0 Å². The van der Waals surface area contributed by atoms with Crippen LogP contribution in [0.25, 0.3) is 27.7 Å². The fraction of sp³-hybridized carbons (Fsp3) is 0.143. The largest absolute Gasteiger partial charge is 0.495 e. The first-order valence-electron chi connectivity index (χ1n) is 11.8. The second kappa shape index (κ2) is 8.94. The number of rotatable bonds is 7. The van der Waals surface area contributed by atoms with E-state index in [0.29, 0.717) is 28.3 Å². The molecule has 2 aromatic heterocycles. The normalized spacial score (nSPS) is 13.5. The fourth-order valence-corrected chi connectivity index (χ4v) is 5.56. The highest BCUT2D eigenvalue weighted by molar-refractivity contribution is 7.92. The molecule has 0 aliphatic heterocycles. The van der Waals surface area contributed by atoms with Gasteiger partial charge in [-0.1, -0.05) is 35.5 Å². The molecule has 2 heterocycles. The van der Waals surface area contributed by atoms with Crippen LogP contribution in [-0.4, -0.2) is 25.3 Å². The standard InChI is InChI=1S/C28H23N3O5S/c1-35-26-17-21(20-4-2-3-19(15-20)18-5-6-18)7-10-25(26)31-24-11-9-23(16-22(24)8-12-28(31)32)37(33,34)30-27-13-14-36-29-27/h2-4,7-18H,5-6H2,1H3,(H,29,30). The predicted octanol–water partition coefficient (Wildman–Crippen LogP) is 5.33. The van der Waals surface area contributed by atoms with Crippen LogP contribution in [0.1, 0.15) is 24.3 Å². The summed E-state index contributed by atoms with van der Waals surface area (Å²) >= 11 is 0. The Hall–Kier alpha value is -4.37. The van der Waals surface area contributed by atoms with Gasteiger partial charge in [0.05, 0.1) is 23.2 Å². The lowest BCUT2D eigenvalue weighted by Gasteiger charge is -2.16. The Labute approximate surface area is 213 Å². The maximum absolute atomic E-state index is 13.0. The lowest BCUT2D eigenvalue weighted by atomic mass is 10.0. The number of fused-ring (bicyclic) bond motifs is 1. The van der Waals surface area contributed by atoms with Crippen LogP contribution in [0.4, 0.5) is 5.82 Å². The molecule has 1 saturated carbocycles. The van der Waals surface area contributed by atoms with E-state index >= 15 is 0 Å². The van der Waals surface area contributed by atoms with Crippen molar-refractivity contribution in [1.29, 1.82) is 0 Å². The predicted molar refractivity (Wildman–Crippen MR) is 141 cm³/mol. The van der Waals surface area contributed by atoms with Gasteiger partial charge in [0.2, 0.25) is 0 Å². The molecular formula is C28H23N3O5S. The molecule has 0 unspecified atom stereocenters. The van der Waals surface area contributed by atoms with E-state index in [4.69, 9.17) is 9.26 Å². The molecule has 8 nitrogen and oxygen atoms in total. The second-order valence-electron chi connectivity index (χ2n) is 9.00. The molecule has 186 valence electrons. The maximum atomic E-state index is 13.0. The molecule has 0 bridgehead atoms. The van der Waals surface area contributed by atoms with Gasteiger partial charge in [-0.15, -0.1) is 0 Å². The number of nitrogens with zero attached hydrogens (tertiary/aromatic N) is 2. The molecule has 0 radical (unpaired) electrons. The second-order valence-corrected chi connectivity index (χ2v) is 10.7. The summed E-state index contributed by atoms with van der Waals surface area (Å²) in [6.45, 7) is 0. The van der Waals surface area contributed by atoms with Gasteiger partial charge in [-0.3, -0.25) is 14.1 Å². The van der Waals surface area contributed by atoms with Gasteiger partial charge in [-0.25, -0.2) is 8.42 Å². The smallest absolute Gasteiger partial charge is 0.263 e. The Kier molecular flexibility index (Phi) is 5.57. The van der Waals surface area contributed by atoms with Crippen LogP contribution in [0.15, 0.2) is 99.3 Å². The van der Waals surface area contributed by atoms with Gasteiger partial charge in [0.15, 0.2) is 5.82 Å². The van der Waals surface area contributed by atoms with Crippen LogP contribution in [0, 0.1) is 0 Å². The van der Waals surface area contributed by atoms with Crippen molar-refractivity contribution in [3.05, 3.63) is 101 Å². The number of methoxy groups -OCH3 is 1. The van der Waals surface area contributed by atoms with Crippen molar-refractivity contribution < 1.29 is 17.7 Å². The number of hydrogen-bond acceptors (Lipinski definition) is 6. The third-order valence-electron chi connectivity index (χ3n) is 6.54. The number of benzene rings is 3. The zero-order valence-electron chi connectivity index (χ0n) is 19.9. The SMILES string of the molecule is COc1cc(-c2cccc(C3CC3)c2)ccc1-n1c(=O)ccc2cc(S(=O)(=O)Nc3ccon3)ccc21.